The van der Waals surface area contributed by atoms with Crippen molar-refractivity contribution in [1.82, 2.24) is 5.32 Å². The summed E-state index contributed by atoms with van der Waals surface area (Å²) in [5, 5.41) is 3.51. The first kappa shape index (κ1) is 13.8. The van der Waals surface area contributed by atoms with Crippen molar-refractivity contribution in [2.75, 3.05) is 13.9 Å². The van der Waals surface area contributed by atoms with E-state index in [1.165, 1.54) is 5.56 Å². The van der Waals surface area contributed by atoms with Crippen LogP contribution in [0.3, 0.4) is 0 Å². The fourth-order valence-corrected chi connectivity index (χ4v) is 2.42. The molecule has 0 amide bonds. The van der Waals surface area contributed by atoms with Gasteiger partial charge in [0, 0.05) is 12.6 Å². The zero-order valence-corrected chi connectivity index (χ0v) is 12.3. The fourth-order valence-electron chi connectivity index (χ4n) is 2.42. The Hall–Kier alpha value is -2.20. The lowest BCUT2D eigenvalue weighted by Crippen LogP contribution is -2.18. The molecule has 21 heavy (non-hydrogen) atoms. The topological polar surface area (TPSA) is 39.7 Å². The zero-order valence-electron chi connectivity index (χ0n) is 12.3. The molecule has 0 spiro atoms. The van der Waals surface area contributed by atoms with Crippen LogP contribution in [0.2, 0.25) is 0 Å². The second kappa shape index (κ2) is 6.06. The Kier molecular flexibility index (Phi) is 3.97. The second-order valence-electron chi connectivity index (χ2n) is 5.05. The van der Waals surface area contributed by atoms with Gasteiger partial charge in [0.25, 0.3) is 0 Å². The summed E-state index contributed by atoms with van der Waals surface area (Å²) in [6, 6.07) is 14.6. The highest BCUT2D eigenvalue weighted by molar-refractivity contribution is 5.55. The normalized spacial score (nSPS) is 14.0. The van der Waals surface area contributed by atoms with E-state index in [1.807, 2.05) is 18.2 Å². The van der Waals surface area contributed by atoms with Crippen molar-refractivity contribution in [2.24, 2.45) is 0 Å². The number of fused-ring (bicyclic) bond motifs is 1. The smallest absolute Gasteiger partial charge is 0.231 e. The zero-order chi connectivity index (χ0) is 14.7. The van der Waals surface area contributed by atoms with Crippen molar-refractivity contribution in [2.45, 2.75) is 19.5 Å². The first-order valence-electron chi connectivity index (χ1n) is 7.03. The highest BCUT2D eigenvalue weighted by Gasteiger charge is 2.20. The van der Waals surface area contributed by atoms with E-state index in [1.54, 1.807) is 7.11 Å². The van der Waals surface area contributed by atoms with Crippen LogP contribution in [0.25, 0.3) is 0 Å². The molecule has 3 rings (SSSR count). The predicted octanol–water partition coefficient (Wildman–Crippen LogP) is 3.27. The minimum Gasteiger partial charge on any atom is -0.493 e. The molecule has 110 valence electrons. The maximum atomic E-state index is 5.44. The maximum Gasteiger partial charge on any atom is 0.231 e. The SMILES string of the molecule is COc1cc(CN[C@H](C)c2ccccc2)cc2c1OCO2. The highest BCUT2D eigenvalue weighted by Crippen LogP contribution is 2.41. The molecular weight excluding hydrogens is 266 g/mol. The molecule has 0 aromatic heterocycles. The largest absolute Gasteiger partial charge is 0.493 e. The lowest BCUT2D eigenvalue weighted by molar-refractivity contribution is 0.171. The molecule has 2 aromatic carbocycles. The van der Waals surface area contributed by atoms with Crippen LogP contribution in [0.15, 0.2) is 42.5 Å². The van der Waals surface area contributed by atoms with Crippen molar-refractivity contribution in [3.8, 4) is 17.2 Å². The number of hydrogen-bond donors (Lipinski definition) is 1. The van der Waals surface area contributed by atoms with E-state index in [0.717, 1.165) is 17.9 Å². The van der Waals surface area contributed by atoms with E-state index in [9.17, 15) is 0 Å². The third-order valence-electron chi connectivity index (χ3n) is 3.63. The van der Waals surface area contributed by atoms with E-state index < -0.39 is 0 Å². The van der Waals surface area contributed by atoms with Gasteiger partial charge in [0.1, 0.15) is 0 Å². The summed E-state index contributed by atoms with van der Waals surface area (Å²) < 4.78 is 16.2. The molecule has 4 nitrogen and oxygen atoms in total. The Morgan fingerprint density at radius 1 is 1.19 bits per heavy atom. The third kappa shape index (κ3) is 2.95. The summed E-state index contributed by atoms with van der Waals surface area (Å²) in [7, 11) is 1.64. The number of benzene rings is 2. The molecule has 0 aliphatic carbocycles. The van der Waals surface area contributed by atoms with Gasteiger partial charge >= 0.3 is 0 Å². The molecule has 2 aromatic rings. The predicted molar refractivity (Wildman–Crippen MR) is 80.8 cm³/mol. The summed E-state index contributed by atoms with van der Waals surface area (Å²) in [5.41, 5.74) is 2.38. The average molecular weight is 285 g/mol. The van der Waals surface area contributed by atoms with Gasteiger partial charge in [-0.25, -0.2) is 0 Å². The van der Waals surface area contributed by atoms with Crippen LogP contribution >= 0.6 is 0 Å². The molecule has 0 radical (unpaired) electrons. The molecule has 1 atom stereocenters. The van der Waals surface area contributed by atoms with E-state index in [-0.39, 0.29) is 12.8 Å². The summed E-state index contributed by atoms with van der Waals surface area (Å²) in [6.45, 7) is 3.14. The molecule has 0 bridgehead atoms. The number of hydrogen-bond acceptors (Lipinski definition) is 4. The Balaban J connectivity index is 1.71. The van der Waals surface area contributed by atoms with Crippen LogP contribution in [-0.4, -0.2) is 13.9 Å². The van der Waals surface area contributed by atoms with Crippen molar-refractivity contribution >= 4 is 0 Å². The quantitative estimate of drug-likeness (QED) is 0.915. The fraction of sp³-hybridized carbons (Fsp3) is 0.294. The number of nitrogens with one attached hydrogen (secondary N) is 1. The van der Waals surface area contributed by atoms with Gasteiger partial charge in [0.15, 0.2) is 11.5 Å². The molecule has 1 heterocycles. The van der Waals surface area contributed by atoms with Crippen molar-refractivity contribution in [1.29, 1.82) is 0 Å². The van der Waals surface area contributed by atoms with Gasteiger partial charge in [0.05, 0.1) is 7.11 Å². The molecule has 0 saturated heterocycles. The third-order valence-corrected chi connectivity index (χ3v) is 3.63. The average Bonchev–Trinajstić information content (AvgIpc) is 3.01. The first-order chi connectivity index (χ1) is 10.3. The second-order valence-corrected chi connectivity index (χ2v) is 5.05. The van der Waals surface area contributed by atoms with E-state index in [0.29, 0.717) is 11.5 Å². The molecule has 0 saturated carbocycles. The van der Waals surface area contributed by atoms with Crippen LogP contribution in [0.5, 0.6) is 17.2 Å². The minimum atomic E-state index is 0.253. The molecule has 1 N–H and O–H groups in total. The van der Waals surface area contributed by atoms with Crippen LogP contribution in [0.1, 0.15) is 24.1 Å². The van der Waals surface area contributed by atoms with Crippen LogP contribution in [-0.2, 0) is 6.54 Å². The van der Waals surface area contributed by atoms with Crippen LogP contribution in [0.4, 0.5) is 0 Å². The molecule has 1 aliphatic heterocycles. The Bertz CT molecular complexity index is 613. The van der Waals surface area contributed by atoms with Gasteiger partial charge in [-0.05, 0) is 30.2 Å². The van der Waals surface area contributed by atoms with Crippen LogP contribution < -0.4 is 19.5 Å². The van der Waals surface area contributed by atoms with E-state index in [2.05, 4.69) is 36.5 Å². The highest BCUT2D eigenvalue weighted by atomic mass is 16.7. The maximum absolute atomic E-state index is 5.44. The van der Waals surface area contributed by atoms with E-state index >= 15 is 0 Å². The number of rotatable bonds is 5. The molecule has 0 fully saturated rings. The van der Waals surface area contributed by atoms with Gasteiger partial charge in [0.2, 0.25) is 12.5 Å². The van der Waals surface area contributed by atoms with Gasteiger partial charge < -0.3 is 19.5 Å². The summed E-state index contributed by atoms with van der Waals surface area (Å²) >= 11 is 0. The summed E-state index contributed by atoms with van der Waals surface area (Å²) in [4.78, 5) is 0. The summed E-state index contributed by atoms with van der Waals surface area (Å²) in [5.74, 6) is 2.16. The molecule has 0 unspecified atom stereocenters. The Labute approximate surface area is 124 Å². The number of methoxy groups -OCH3 is 1. The van der Waals surface area contributed by atoms with Crippen LogP contribution in [0, 0.1) is 0 Å². The number of ether oxygens (including phenoxy) is 3. The summed E-state index contributed by atoms with van der Waals surface area (Å²) in [6.07, 6.45) is 0. The van der Waals surface area contributed by atoms with Gasteiger partial charge in [-0.15, -0.1) is 0 Å². The van der Waals surface area contributed by atoms with Gasteiger partial charge in [-0.3, -0.25) is 0 Å². The lowest BCUT2D eigenvalue weighted by Gasteiger charge is -2.15. The van der Waals surface area contributed by atoms with Crippen molar-refractivity contribution in [3.05, 3.63) is 53.6 Å². The van der Waals surface area contributed by atoms with Gasteiger partial charge in [-0.1, -0.05) is 30.3 Å². The first-order valence-corrected chi connectivity index (χ1v) is 7.03. The van der Waals surface area contributed by atoms with Crippen molar-refractivity contribution < 1.29 is 14.2 Å². The Morgan fingerprint density at radius 2 is 2.00 bits per heavy atom. The molecule has 4 heteroatoms. The van der Waals surface area contributed by atoms with Gasteiger partial charge in [-0.2, -0.15) is 0 Å². The molecular formula is C17H19NO3. The molecule has 1 aliphatic rings. The minimum absolute atomic E-state index is 0.253. The van der Waals surface area contributed by atoms with E-state index in [4.69, 9.17) is 14.2 Å². The standard InChI is InChI=1S/C17H19NO3/c1-12(14-6-4-3-5-7-14)18-10-13-8-15(19-2)17-16(9-13)20-11-21-17/h3-9,12,18H,10-11H2,1-2H3/t12-/m1/s1. The monoisotopic (exact) mass is 285 g/mol. The lowest BCUT2D eigenvalue weighted by atomic mass is 10.1. The Morgan fingerprint density at radius 3 is 2.76 bits per heavy atom. The van der Waals surface area contributed by atoms with Crippen molar-refractivity contribution in [3.63, 3.8) is 0 Å².